The van der Waals surface area contributed by atoms with Gasteiger partial charge in [-0.1, -0.05) is 13.0 Å². The van der Waals surface area contributed by atoms with Crippen molar-refractivity contribution in [2.75, 3.05) is 6.54 Å². The molecule has 1 fully saturated rings. The molecule has 180 valence electrons. The molecule has 1 aliphatic rings. The molecule has 0 unspecified atom stereocenters. The highest BCUT2D eigenvalue weighted by molar-refractivity contribution is 7.89. The normalized spacial score (nSPS) is 18.8. The number of carbonyl (C=O) groups is 2. The number of rotatable bonds is 8. The van der Waals surface area contributed by atoms with E-state index < -0.39 is 15.9 Å². The van der Waals surface area contributed by atoms with Crippen molar-refractivity contribution in [3.63, 3.8) is 0 Å². The molecular formula is C22H30N4O5S2. The fourth-order valence-electron chi connectivity index (χ4n) is 3.87. The van der Waals surface area contributed by atoms with E-state index in [1.807, 2.05) is 13.8 Å². The van der Waals surface area contributed by atoms with Crippen molar-refractivity contribution in [1.29, 1.82) is 0 Å². The summed E-state index contributed by atoms with van der Waals surface area (Å²) in [6.45, 7) is 5.53. The Bertz CT molecular complexity index is 1110. The van der Waals surface area contributed by atoms with Gasteiger partial charge in [0.2, 0.25) is 15.9 Å². The summed E-state index contributed by atoms with van der Waals surface area (Å²) in [5.41, 5.74) is 5.97. The van der Waals surface area contributed by atoms with Gasteiger partial charge in [-0.2, -0.15) is 0 Å². The number of aromatic nitrogens is 1. The predicted octanol–water partition coefficient (Wildman–Crippen LogP) is 3.37. The second-order valence-corrected chi connectivity index (χ2v) is 11.1. The zero-order chi connectivity index (χ0) is 24.2. The average molecular weight is 495 g/mol. The van der Waals surface area contributed by atoms with Crippen LogP contribution in [-0.4, -0.2) is 44.1 Å². The highest BCUT2D eigenvalue weighted by atomic mass is 32.2. The van der Waals surface area contributed by atoms with E-state index in [1.165, 1.54) is 23.5 Å². The van der Waals surface area contributed by atoms with Crippen LogP contribution in [0.2, 0.25) is 0 Å². The van der Waals surface area contributed by atoms with Gasteiger partial charge in [0, 0.05) is 35.8 Å². The number of ether oxygens (including phenoxy) is 1. The average Bonchev–Trinajstić information content (AvgIpc) is 3.23. The first-order chi connectivity index (χ1) is 15.6. The third-order valence-corrected chi connectivity index (χ3v) is 8.20. The van der Waals surface area contributed by atoms with E-state index in [1.54, 1.807) is 19.2 Å². The molecule has 1 aliphatic carbocycles. The molecule has 11 heteroatoms. The first-order valence-corrected chi connectivity index (χ1v) is 13.3. The van der Waals surface area contributed by atoms with Crippen molar-refractivity contribution in [1.82, 2.24) is 15.0 Å². The van der Waals surface area contributed by atoms with Crippen molar-refractivity contribution in [3.05, 3.63) is 35.0 Å². The summed E-state index contributed by atoms with van der Waals surface area (Å²) in [6, 6.07) is 4.50. The summed E-state index contributed by atoms with van der Waals surface area (Å²) in [5.74, 6) is -0.455. The number of thiazole rings is 1. The maximum atomic E-state index is 12.8. The van der Waals surface area contributed by atoms with Crippen molar-refractivity contribution in [2.24, 2.45) is 5.73 Å². The smallest absolute Gasteiger partial charge is 0.407 e. The topological polar surface area (TPSA) is 140 Å². The number of benzene rings is 1. The summed E-state index contributed by atoms with van der Waals surface area (Å²) in [7, 11) is -3.82. The highest BCUT2D eigenvalue weighted by Gasteiger charge is 2.27. The number of hydrogen-bond acceptors (Lipinski definition) is 7. The molecule has 9 nitrogen and oxygen atoms in total. The lowest BCUT2D eigenvalue weighted by Gasteiger charge is -2.28. The van der Waals surface area contributed by atoms with Crippen LogP contribution in [0.25, 0.3) is 10.4 Å². The minimum absolute atomic E-state index is 0.00687. The first-order valence-electron chi connectivity index (χ1n) is 11.0. The molecule has 0 aliphatic heterocycles. The molecule has 0 saturated heterocycles. The molecule has 1 aromatic heterocycles. The monoisotopic (exact) mass is 494 g/mol. The van der Waals surface area contributed by atoms with Crippen LogP contribution < -0.4 is 15.8 Å². The molecule has 3 rings (SSSR count). The van der Waals surface area contributed by atoms with Crippen LogP contribution >= 0.6 is 11.3 Å². The number of nitrogens with two attached hydrogens (primary N) is 1. The van der Waals surface area contributed by atoms with Crippen molar-refractivity contribution >= 4 is 33.4 Å². The lowest BCUT2D eigenvalue weighted by atomic mass is 9.86. The summed E-state index contributed by atoms with van der Waals surface area (Å²) in [4.78, 5) is 28.7. The molecule has 2 amide bonds. The van der Waals surface area contributed by atoms with E-state index in [9.17, 15) is 18.0 Å². The van der Waals surface area contributed by atoms with Gasteiger partial charge in [0.15, 0.2) is 0 Å². The van der Waals surface area contributed by atoms with Crippen molar-refractivity contribution < 1.29 is 22.7 Å². The molecule has 2 aromatic rings. The summed E-state index contributed by atoms with van der Waals surface area (Å²) >= 11 is 1.45. The van der Waals surface area contributed by atoms with E-state index in [0.29, 0.717) is 10.4 Å². The number of nitrogens with zero attached hydrogens (tertiary/aromatic N) is 1. The Labute approximate surface area is 198 Å². The van der Waals surface area contributed by atoms with E-state index in [2.05, 4.69) is 15.0 Å². The molecule has 0 spiro atoms. The maximum absolute atomic E-state index is 12.8. The Morgan fingerprint density at radius 3 is 2.55 bits per heavy atom. The number of hydrogen-bond donors (Lipinski definition) is 3. The van der Waals surface area contributed by atoms with E-state index >= 15 is 0 Å². The number of nitrogens with one attached hydrogen (secondary N) is 2. The minimum atomic E-state index is -3.82. The number of alkyl carbamates (subject to hydrolysis) is 1. The molecule has 0 radical (unpaired) electrons. The van der Waals surface area contributed by atoms with Gasteiger partial charge in [0.1, 0.15) is 0 Å². The molecule has 1 heterocycles. The van der Waals surface area contributed by atoms with Gasteiger partial charge in [0.25, 0.3) is 0 Å². The summed E-state index contributed by atoms with van der Waals surface area (Å²) in [5, 5.41) is 3.84. The van der Waals surface area contributed by atoms with Crippen LogP contribution in [0.15, 0.2) is 29.3 Å². The Balaban J connectivity index is 1.77. The second kappa shape index (κ2) is 10.6. The maximum Gasteiger partial charge on any atom is 0.407 e. The summed E-state index contributed by atoms with van der Waals surface area (Å²) in [6.07, 6.45) is 4.49. The molecule has 0 bridgehead atoms. The zero-order valence-electron chi connectivity index (χ0n) is 19.0. The molecule has 0 atom stereocenters. The Morgan fingerprint density at radius 2 is 1.94 bits per heavy atom. The summed E-state index contributed by atoms with van der Waals surface area (Å²) < 4.78 is 33.2. The van der Waals surface area contributed by atoms with Gasteiger partial charge in [-0.15, -0.1) is 11.3 Å². The molecule has 33 heavy (non-hydrogen) atoms. The van der Waals surface area contributed by atoms with Gasteiger partial charge in [-0.05, 0) is 51.7 Å². The van der Waals surface area contributed by atoms with Crippen LogP contribution in [0.1, 0.15) is 67.7 Å². The standard InChI is InChI=1S/C22H30N4O5S2/c1-4-25-33(29,30)19-11-15(20(23)27)7-10-17(19)18-12-24-21(32-18)14-5-8-16(9-6-14)26-22(28)31-13(2)3/h7,10-14,16,25H,4-6,8-9H2,1-3H3,(H2,23,27)(H,26,28)/t14-,16-. The quantitative estimate of drug-likeness (QED) is 0.514. The van der Waals surface area contributed by atoms with Crippen LogP contribution in [0.5, 0.6) is 0 Å². The Kier molecular flexibility index (Phi) is 8.09. The largest absolute Gasteiger partial charge is 0.447 e. The molecule has 1 saturated carbocycles. The lowest BCUT2D eigenvalue weighted by molar-refractivity contribution is 0.0999. The van der Waals surface area contributed by atoms with Gasteiger partial charge in [0.05, 0.1) is 20.9 Å². The zero-order valence-corrected chi connectivity index (χ0v) is 20.6. The van der Waals surface area contributed by atoms with Gasteiger partial charge in [-0.3, -0.25) is 4.79 Å². The fourth-order valence-corrected chi connectivity index (χ4v) is 6.35. The molecule has 4 N–H and O–H groups in total. The molecule has 1 aromatic carbocycles. The van der Waals surface area contributed by atoms with Gasteiger partial charge < -0.3 is 15.8 Å². The number of amides is 2. The van der Waals surface area contributed by atoms with Crippen LogP contribution in [-0.2, 0) is 14.8 Å². The van der Waals surface area contributed by atoms with Gasteiger partial charge in [-0.25, -0.2) is 22.9 Å². The lowest BCUT2D eigenvalue weighted by Crippen LogP contribution is -2.38. The minimum Gasteiger partial charge on any atom is -0.447 e. The highest BCUT2D eigenvalue weighted by Crippen LogP contribution is 2.39. The third kappa shape index (κ3) is 6.30. The number of sulfonamides is 1. The van der Waals surface area contributed by atoms with Crippen molar-refractivity contribution in [2.45, 2.75) is 69.4 Å². The first kappa shape index (κ1) is 25.1. The SMILES string of the molecule is CCNS(=O)(=O)c1cc(C(N)=O)ccc1-c1cnc([C@H]2CC[C@H](NC(=O)OC(C)C)CC2)s1. The Hall–Kier alpha value is -2.50. The van der Waals surface area contributed by atoms with Crippen LogP contribution in [0.3, 0.4) is 0 Å². The predicted molar refractivity (Wildman–Crippen MR) is 127 cm³/mol. The number of primary amides is 1. The Morgan fingerprint density at radius 1 is 1.24 bits per heavy atom. The van der Waals surface area contributed by atoms with E-state index in [4.69, 9.17) is 10.5 Å². The molecular weight excluding hydrogens is 464 g/mol. The third-order valence-electron chi connectivity index (χ3n) is 5.42. The van der Waals surface area contributed by atoms with Gasteiger partial charge >= 0.3 is 6.09 Å². The van der Waals surface area contributed by atoms with Crippen molar-refractivity contribution in [3.8, 4) is 10.4 Å². The van der Waals surface area contributed by atoms with Crippen LogP contribution in [0, 0.1) is 0 Å². The fraction of sp³-hybridized carbons (Fsp3) is 0.500. The van der Waals surface area contributed by atoms with E-state index in [-0.39, 0.29) is 41.2 Å². The second-order valence-electron chi connectivity index (χ2n) is 8.29. The van der Waals surface area contributed by atoms with Crippen LogP contribution in [0.4, 0.5) is 4.79 Å². The van der Waals surface area contributed by atoms with E-state index in [0.717, 1.165) is 30.7 Å². The number of carbonyl (C=O) groups excluding carboxylic acids is 2.